The molecule has 0 aliphatic rings. The van der Waals surface area contributed by atoms with E-state index in [2.05, 4.69) is 4.72 Å². The van der Waals surface area contributed by atoms with Crippen LogP contribution < -0.4 is 9.46 Å². The number of rotatable bonds is 16. The monoisotopic (exact) mass is 600 g/mol. The molecule has 0 aromatic heterocycles. The molecule has 0 spiro atoms. The summed E-state index contributed by atoms with van der Waals surface area (Å²) in [7, 11) is -4.06. The first kappa shape index (κ1) is 32.1. The first-order chi connectivity index (χ1) is 19.6. The number of hydrogen-bond donors (Lipinski definition) is 1. The lowest BCUT2D eigenvalue weighted by molar-refractivity contribution is -0.124. The molecule has 0 saturated heterocycles. The van der Waals surface area contributed by atoms with E-state index in [0.29, 0.717) is 23.6 Å². The Hall–Kier alpha value is -3.40. The Labute approximate surface area is 247 Å². The number of amides is 1. The summed E-state index contributed by atoms with van der Waals surface area (Å²) >= 11 is 5.97. The van der Waals surface area contributed by atoms with Crippen LogP contribution in [0.15, 0.2) is 84.9 Å². The van der Waals surface area contributed by atoms with E-state index in [1.54, 1.807) is 24.3 Å². The summed E-state index contributed by atoms with van der Waals surface area (Å²) in [4.78, 5) is 27.2. The summed E-state index contributed by atoms with van der Waals surface area (Å²) in [5.74, 6) is -0.569. The number of halogens is 1. The summed E-state index contributed by atoms with van der Waals surface area (Å²) in [6.45, 7) is 3.62. The zero-order chi connectivity index (χ0) is 29.7. The number of carbonyl (C=O) groups excluding carboxylic acids is 2. The van der Waals surface area contributed by atoms with Gasteiger partial charge in [0.1, 0.15) is 18.2 Å². The number of Topliss-reactive ketones (excluding diaryl/α,β-unsaturated/α-hetero) is 1. The minimum atomic E-state index is -4.06. The third kappa shape index (κ3) is 11.5. The van der Waals surface area contributed by atoms with Crippen molar-refractivity contribution >= 4 is 33.5 Å². The standard InChI is InChI=1S/C31H37ClN2O6S/c1-3-24(2)21-34(31(36)39-22-26-12-8-5-9-13-26)23-41(37,38)33-20-29(35)30(19-14-25-10-6-4-7-11-25)40-28-17-15-27(32)16-18-28/h4-13,15-18,24,30,33H,3,14,19-23H2,1-2H3. The lowest BCUT2D eigenvalue weighted by Crippen LogP contribution is -2.45. The highest BCUT2D eigenvalue weighted by Gasteiger charge is 2.27. The molecule has 0 radical (unpaired) electrons. The van der Waals surface area contributed by atoms with Crippen LogP contribution in [0.4, 0.5) is 4.79 Å². The Morgan fingerprint density at radius 2 is 1.54 bits per heavy atom. The molecule has 1 N–H and O–H groups in total. The fraction of sp³-hybridized carbons (Fsp3) is 0.355. The highest BCUT2D eigenvalue weighted by atomic mass is 35.5. The van der Waals surface area contributed by atoms with Crippen molar-refractivity contribution in [1.29, 1.82) is 0 Å². The van der Waals surface area contributed by atoms with Gasteiger partial charge in [0, 0.05) is 11.6 Å². The Balaban J connectivity index is 1.64. The van der Waals surface area contributed by atoms with Crippen molar-refractivity contribution < 1.29 is 27.5 Å². The van der Waals surface area contributed by atoms with Crippen LogP contribution in [0.2, 0.25) is 5.02 Å². The normalized spacial score (nSPS) is 12.8. The summed E-state index contributed by atoms with van der Waals surface area (Å²) in [6.07, 6.45) is 0.0236. The second kappa shape index (κ2) is 16.1. The lowest BCUT2D eigenvalue weighted by Gasteiger charge is -2.25. The van der Waals surface area contributed by atoms with E-state index in [1.165, 1.54) is 0 Å². The van der Waals surface area contributed by atoms with Crippen molar-refractivity contribution in [2.45, 2.75) is 45.8 Å². The molecule has 8 nitrogen and oxygen atoms in total. The zero-order valence-corrected chi connectivity index (χ0v) is 24.9. The Morgan fingerprint density at radius 1 is 0.927 bits per heavy atom. The van der Waals surface area contributed by atoms with Gasteiger partial charge in [-0.05, 0) is 54.2 Å². The van der Waals surface area contributed by atoms with Crippen LogP contribution in [0.3, 0.4) is 0 Å². The molecular formula is C31H37ClN2O6S. The molecule has 0 saturated carbocycles. The van der Waals surface area contributed by atoms with Crippen LogP contribution >= 0.6 is 11.6 Å². The third-order valence-corrected chi connectivity index (χ3v) is 7.96. The Kier molecular flexibility index (Phi) is 12.6. The quantitative estimate of drug-likeness (QED) is 0.221. The van der Waals surface area contributed by atoms with Crippen LogP contribution in [0.25, 0.3) is 0 Å². The maximum Gasteiger partial charge on any atom is 0.411 e. The van der Waals surface area contributed by atoms with E-state index in [0.717, 1.165) is 22.4 Å². The van der Waals surface area contributed by atoms with Crippen molar-refractivity contribution in [2.75, 3.05) is 19.0 Å². The van der Waals surface area contributed by atoms with E-state index < -0.39 is 40.4 Å². The molecule has 3 rings (SSSR count). The fourth-order valence-electron chi connectivity index (χ4n) is 3.95. The SMILES string of the molecule is CCC(C)CN(CS(=O)(=O)NCC(=O)C(CCc1ccccc1)Oc1ccc(Cl)cc1)C(=O)OCc1ccccc1. The molecule has 0 bridgehead atoms. The molecule has 1 amide bonds. The maximum absolute atomic E-state index is 13.2. The molecule has 0 fully saturated rings. The molecule has 2 atom stereocenters. The number of sulfonamides is 1. The van der Waals surface area contributed by atoms with Gasteiger partial charge in [-0.2, -0.15) is 0 Å². The van der Waals surface area contributed by atoms with Crippen LogP contribution in [-0.4, -0.2) is 50.3 Å². The van der Waals surface area contributed by atoms with Crippen molar-refractivity contribution in [3.8, 4) is 5.75 Å². The minimum absolute atomic E-state index is 0.0216. The molecule has 0 heterocycles. The van der Waals surface area contributed by atoms with Gasteiger partial charge in [0.05, 0.1) is 6.54 Å². The molecule has 41 heavy (non-hydrogen) atoms. The summed E-state index contributed by atoms with van der Waals surface area (Å²) < 4.78 is 39.7. The van der Waals surface area contributed by atoms with Crippen LogP contribution in [0, 0.1) is 5.92 Å². The number of nitrogens with one attached hydrogen (secondary N) is 1. The number of benzene rings is 3. The van der Waals surface area contributed by atoms with Gasteiger partial charge in [-0.1, -0.05) is 92.5 Å². The highest BCUT2D eigenvalue weighted by Crippen LogP contribution is 2.19. The predicted molar refractivity (Wildman–Crippen MR) is 160 cm³/mol. The molecule has 0 aliphatic carbocycles. The van der Waals surface area contributed by atoms with Crippen molar-refractivity contribution in [1.82, 2.24) is 9.62 Å². The predicted octanol–water partition coefficient (Wildman–Crippen LogP) is 5.85. The first-order valence-electron chi connectivity index (χ1n) is 13.6. The molecule has 10 heteroatoms. The molecule has 0 aliphatic heterocycles. The third-order valence-electron chi connectivity index (χ3n) is 6.47. The maximum atomic E-state index is 13.2. The van der Waals surface area contributed by atoms with Gasteiger partial charge < -0.3 is 9.47 Å². The summed E-state index contributed by atoms with van der Waals surface area (Å²) in [6, 6.07) is 25.4. The smallest absolute Gasteiger partial charge is 0.411 e. The van der Waals surface area contributed by atoms with Gasteiger partial charge in [0.15, 0.2) is 11.9 Å². The number of ether oxygens (including phenoxy) is 2. The topological polar surface area (TPSA) is 102 Å². The second-order valence-corrected chi connectivity index (χ2v) is 12.1. The zero-order valence-electron chi connectivity index (χ0n) is 23.4. The molecule has 2 unspecified atom stereocenters. The number of carbonyl (C=O) groups is 2. The second-order valence-electron chi connectivity index (χ2n) is 9.89. The Bertz CT molecular complexity index is 1340. The van der Waals surface area contributed by atoms with E-state index in [9.17, 15) is 18.0 Å². The highest BCUT2D eigenvalue weighted by molar-refractivity contribution is 7.89. The van der Waals surface area contributed by atoms with E-state index >= 15 is 0 Å². The van der Waals surface area contributed by atoms with Gasteiger partial charge in [-0.15, -0.1) is 0 Å². The molecule has 220 valence electrons. The van der Waals surface area contributed by atoms with Crippen LogP contribution in [-0.2, 0) is 32.6 Å². The number of ketones is 1. The van der Waals surface area contributed by atoms with E-state index in [1.807, 2.05) is 74.5 Å². The lowest BCUT2D eigenvalue weighted by atomic mass is 10.0. The van der Waals surface area contributed by atoms with Gasteiger partial charge in [0.25, 0.3) is 0 Å². The van der Waals surface area contributed by atoms with Gasteiger partial charge in [0.2, 0.25) is 10.0 Å². The average Bonchev–Trinajstić information content (AvgIpc) is 2.98. The van der Waals surface area contributed by atoms with Gasteiger partial charge in [-0.25, -0.2) is 17.9 Å². The summed E-state index contributed by atoms with van der Waals surface area (Å²) in [5.41, 5.74) is 1.82. The largest absolute Gasteiger partial charge is 0.483 e. The van der Waals surface area contributed by atoms with Gasteiger partial charge >= 0.3 is 6.09 Å². The fourth-order valence-corrected chi connectivity index (χ4v) is 5.15. The average molecular weight is 601 g/mol. The Morgan fingerprint density at radius 3 is 2.15 bits per heavy atom. The van der Waals surface area contributed by atoms with Crippen molar-refractivity contribution in [3.05, 3.63) is 101 Å². The minimum Gasteiger partial charge on any atom is -0.483 e. The van der Waals surface area contributed by atoms with Crippen LogP contribution in [0.1, 0.15) is 37.8 Å². The summed E-state index contributed by atoms with van der Waals surface area (Å²) in [5, 5.41) is 0.529. The van der Waals surface area contributed by atoms with Crippen molar-refractivity contribution in [2.24, 2.45) is 5.92 Å². The molecular weight excluding hydrogens is 564 g/mol. The first-order valence-corrected chi connectivity index (χ1v) is 15.6. The number of nitrogens with zero attached hydrogens (tertiary/aromatic N) is 1. The number of hydrogen-bond acceptors (Lipinski definition) is 6. The van der Waals surface area contributed by atoms with Gasteiger partial charge in [-0.3, -0.25) is 9.69 Å². The van der Waals surface area contributed by atoms with Crippen molar-refractivity contribution in [3.63, 3.8) is 0 Å². The molecule has 3 aromatic carbocycles. The van der Waals surface area contributed by atoms with Crippen LogP contribution in [0.5, 0.6) is 5.75 Å². The number of aryl methyl sites for hydroxylation is 1. The molecule has 3 aromatic rings. The van der Waals surface area contributed by atoms with E-state index in [-0.39, 0.29) is 19.1 Å². The van der Waals surface area contributed by atoms with E-state index in [4.69, 9.17) is 21.1 Å².